The van der Waals surface area contributed by atoms with Gasteiger partial charge in [-0.15, -0.1) is 0 Å². The molecule has 0 heterocycles. The SMILES string of the molecule is CSCC(OC(=O)[C@@H](C)CS)C(=O)O.NCCCC[C@H](N)C(=O)O. The molecule has 0 aliphatic carbocycles. The number of thiol groups is 1. The maximum absolute atomic E-state index is 11.2. The number of unbranched alkanes of at least 4 members (excludes halogenated alkanes) is 1. The van der Waals surface area contributed by atoms with E-state index < -0.39 is 30.1 Å². The summed E-state index contributed by atoms with van der Waals surface area (Å²) >= 11 is 5.25. The number of hydrogen-bond acceptors (Lipinski definition) is 8. The Kier molecular flexibility index (Phi) is 16.4. The summed E-state index contributed by atoms with van der Waals surface area (Å²) in [6, 6.07) is -0.716. The van der Waals surface area contributed by atoms with Gasteiger partial charge in [0.05, 0.1) is 5.92 Å². The minimum Gasteiger partial charge on any atom is -0.480 e. The summed E-state index contributed by atoms with van der Waals surface area (Å²) in [6.45, 7) is 2.25. The van der Waals surface area contributed by atoms with Crippen molar-refractivity contribution in [3.05, 3.63) is 0 Å². The van der Waals surface area contributed by atoms with Crippen LogP contribution in [0.5, 0.6) is 0 Å². The maximum Gasteiger partial charge on any atom is 0.345 e. The predicted octanol–water partition coefficient (Wildman–Crippen LogP) is 0.439. The first-order valence-corrected chi connectivity index (χ1v) is 9.45. The van der Waals surface area contributed by atoms with Crippen LogP contribution in [0.4, 0.5) is 0 Å². The van der Waals surface area contributed by atoms with Crippen LogP contribution < -0.4 is 11.5 Å². The summed E-state index contributed by atoms with van der Waals surface area (Å²) in [4.78, 5) is 32.0. The zero-order chi connectivity index (χ0) is 19.1. The molecule has 0 rings (SSSR count). The molecule has 24 heavy (non-hydrogen) atoms. The van der Waals surface area contributed by atoms with Gasteiger partial charge in [-0.1, -0.05) is 13.3 Å². The molecular formula is C14H28N2O6S2. The van der Waals surface area contributed by atoms with Crippen LogP contribution in [0, 0.1) is 5.92 Å². The maximum atomic E-state index is 11.2. The van der Waals surface area contributed by atoms with Crippen LogP contribution in [-0.2, 0) is 19.1 Å². The van der Waals surface area contributed by atoms with E-state index in [1.165, 1.54) is 11.8 Å². The summed E-state index contributed by atoms with van der Waals surface area (Å²) in [5.74, 6) is -2.32. The molecular weight excluding hydrogens is 356 g/mol. The largest absolute Gasteiger partial charge is 0.480 e. The van der Waals surface area contributed by atoms with Crippen molar-refractivity contribution >= 4 is 42.3 Å². The van der Waals surface area contributed by atoms with Crippen LogP contribution >= 0.6 is 24.4 Å². The van der Waals surface area contributed by atoms with Crippen molar-refractivity contribution < 1.29 is 29.3 Å². The lowest BCUT2D eigenvalue weighted by Crippen LogP contribution is -2.31. The van der Waals surface area contributed by atoms with Gasteiger partial charge >= 0.3 is 17.9 Å². The van der Waals surface area contributed by atoms with Crippen molar-refractivity contribution in [2.75, 3.05) is 24.3 Å². The summed E-state index contributed by atoms with van der Waals surface area (Å²) in [5, 5.41) is 17.0. The molecule has 0 spiro atoms. The van der Waals surface area contributed by atoms with E-state index in [9.17, 15) is 14.4 Å². The standard InChI is InChI=1S/C8H14O4S2.C6H14N2O2/c1-5(3-13)8(11)12-6(4-14-2)7(9)10;7-4-2-1-3-5(8)6(9)10/h5-6,13H,3-4H2,1-2H3,(H,9,10);5H,1-4,7-8H2,(H,9,10)/t5-,6?;5-/m00/s1. The minimum absolute atomic E-state index is 0.264. The van der Waals surface area contributed by atoms with Crippen molar-refractivity contribution in [2.45, 2.75) is 38.3 Å². The molecule has 0 aromatic heterocycles. The van der Waals surface area contributed by atoms with Crippen molar-refractivity contribution in [1.29, 1.82) is 0 Å². The van der Waals surface area contributed by atoms with Crippen LogP contribution in [0.1, 0.15) is 26.2 Å². The van der Waals surface area contributed by atoms with Gasteiger partial charge in [0.1, 0.15) is 6.04 Å². The van der Waals surface area contributed by atoms with E-state index in [4.69, 9.17) is 26.4 Å². The molecule has 0 saturated heterocycles. The summed E-state index contributed by atoms with van der Waals surface area (Å²) in [6.07, 6.45) is 2.86. The zero-order valence-corrected chi connectivity index (χ0v) is 15.7. The summed E-state index contributed by atoms with van der Waals surface area (Å²) in [5.41, 5.74) is 10.4. The topological polar surface area (TPSA) is 153 Å². The van der Waals surface area contributed by atoms with Crippen LogP contribution in [0.3, 0.4) is 0 Å². The van der Waals surface area contributed by atoms with Gasteiger partial charge < -0.3 is 26.4 Å². The van der Waals surface area contributed by atoms with Gasteiger partial charge in [0.25, 0.3) is 0 Å². The van der Waals surface area contributed by atoms with Crippen LogP contribution in [0.15, 0.2) is 0 Å². The monoisotopic (exact) mass is 384 g/mol. The molecule has 0 radical (unpaired) electrons. The molecule has 0 amide bonds. The summed E-state index contributed by atoms with van der Waals surface area (Å²) in [7, 11) is 0. The molecule has 0 aliphatic rings. The van der Waals surface area contributed by atoms with Crippen molar-refractivity contribution in [3.63, 3.8) is 0 Å². The minimum atomic E-state index is -1.11. The van der Waals surface area contributed by atoms with Gasteiger partial charge in [-0.3, -0.25) is 9.59 Å². The second kappa shape index (κ2) is 15.6. The number of carbonyl (C=O) groups is 3. The average Bonchev–Trinajstić information content (AvgIpc) is 2.53. The third-order valence-corrected chi connectivity index (χ3v) is 4.00. The predicted molar refractivity (Wildman–Crippen MR) is 97.4 cm³/mol. The number of rotatable bonds is 11. The Morgan fingerprint density at radius 3 is 2.17 bits per heavy atom. The molecule has 8 nitrogen and oxygen atoms in total. The van der Waals surface area contributed by atoms with E-state index in [1.54, 1.807) is 13.2 Å². The molecule has 3 atom stereocenters. The second-order valence-corrected chi connectivity index (χ2v) is 6.31. The van der Waals surface area contributed by atoms with Crippen LogP contribution in [-0.4, -0.2) is 64.6 Å². The van der Waals surface area contributed by atoms with Crippen LogP contribution in [0.2, 0.25) is 0 Å². The summed E-state index contributed by atoms with van der Waals surface area (Å²) < 4.78 is 4.80. The Bertz CT molecular complexity index is 384. The highest BCUT2D eigenvalue weighted by Gasteiger charge is 2.24. The number of carboxylic acid groups (broad SMARTS) is 2. The van der Waals surface area contributed by atoms with E-state index in [2.05, 4.69) is 12.6 Å². The fourth-order valence-electron chi connectivity index (χ4n) is 1.27. The molecule has 6 N–H and O–H groups in total. The molecule has 0 saturated carbocycles. The lowest BCUT2D eigenvalue weighted by atomic mass is 10.1. The van der Waals surface area contributed by atoms with Crippen molar-refractivity contribution in [1.82, 2.24) is 0 Å². The molecule has 1 unspecified atom stereocenters. The van der Waals surface area contributed by atoms with Gasteiger partial charge in [-0.2, -0.15) is 24.4 Å². The molecule has 0 fully saturated rings. The first-order valence-electron chi connectivity index (χ1n) is 7.42. The van der Waals surface area contributed by atoms with Gasteiger partial charge in [0.2, 0.25) is 6.10 Å². The fourth-order valence-corrected chi connectivity index (χ4v) is 1.93. The molecule has 0 aromatic rings. The Morgan fingerprint density at radius 2 is 1.79 bits per heavy atom. The van der Waals surface area contributed by atoms with E-state index >= 15 is 0 Å². The Labute approximate surface area is 152 Å². The highest BCUT2D eigenvalue weighted by molar-refractivity contribution is 7.98. The number of carboxylic acids is 2. The number of aliphatic carboxylic acids is 2. The molecule has 142 valence electrons. The van der Waals surface area contributed by atoms with Gasteiger partial charge in [-0.05, 0) is 25.6 Å². The first-order chi connectivity index (χ1) is 11.2. The van der Waals surface area contributed by atoms with Gasteiger partial charge in [0.15, 0.2) is 0 Å². The Hall–Kier alpha value is -0.970. The van der Waals surface area contributed by atoms with Gasteiger partial charge in [-0.25, -0.2) is 4.79 Å². The average molecular weight is 385 g/mol. The number of esters is 1. The number of carbonyl (C=O) groups excluding carboxylic acids is 1. The van der Waals surface area contributed by atoms with Crippen molar-refractivity contribution in [2.24, 2.45) is 17.4 Å². The van der Waals surface area contributed by atoms with E-state index in [0.29, 0.717) is 18.7 Å². The van der Waals surface area contributed by atoms with E-state index in [0.717, 1.165) is 12.8 Å². The van der Waals surface area contributed by atoms with Gasteiger partial charge in [0, 0.05) is 11.5 Å². The number of hydrogen-bond donors (Lipinski definition) is 5. The zero-order valence-electron chi connectivity index (χ0n) is 14.0. The Morgan fingerprint density at radius 1 is 1.21 bits per heavy atom. The number of thioether (sulfide) groups is 1. The lowest BCUT2D eigenvalue weighted by molar-refractivity contribution is -0.164. The highest BCUT2D eigenvalue weighted by Crippen LogP contribution is 2.07. The first kappa shape index (κ1) is 25.3. The third kappa shape index (κ3) is 13.5. The Balaban J connectivity index is 0. The highest BCUT2D eigenvalue weighted by atomic mass is 32.2. The smallest absolute Gasteiger partial charge is 0.345 e. The number of ether oxygens (including phenoxy) is 1. The fraction of sp³-hybridized carbons (Fsp3) is 0.786. The van der Waals surface area contributed by atoms with Crippen LogP contribution in [0.25, 0.3) is 0 Å². The lowest BCUT2D eigenvalue weighted by Gasteiger charge is -2.14. The second-order valence-electron chi connectivity index (χ2n) is 5.03. The normalized spacial score (nSPS) is 13.9. The molecule has 0 aliphatic heterocycles. The van der Waals surface area contributed by atoms with E-state index in [1.807, 2.05) is 0 Å². The molecule has 10 heteroatoms. The van der Waals surface area contributed by atoms with E-state index in [-0.39, 0.29) is 11.7 Å². The third-order valence-electron chi connectivity index (χ3n) is 2.81. The quantitative estimate of drug-likeness (QED) is 0.194. The van der Waals surface area contributed by atoms with Crippen molar-refractivity contribution in [3.8, 4) is 0 Å². The molecule has 0 bridgehead atoms. The number of nitrogens with two attached hydrogens (primary N) is 2. The molecule has 0 aromatic carbocycles.